The molecule has 2 heterocycles. The van der Waals surface area contributed by atoms with Gasteiger partial charge in [-0.2, -0.15) is 10.2 Å². The predicted octanol–water partition coefficient (Wildman–Crippen LogP) is 2.26. The van der Waals surface area contributed by atoms with Gasteiger partial charge in [0, 0.05) is 13.1 Å². The first-order chi connectivity index (χ1) is 8.65. The van der Waals surface area contributed by atoms with Crippen LogP contribution in [0.1, 0.15) is 13.8 Å². The Morgan fingerprint density at radius 3 is 3.00 bits per heavy atom. The van der Waals surface area contributed by atoms with Gasteiger partial charge in [-0.25, -0.2) is 4.98 Å². The molecule has 0 radical (unpaired) electrons. The van der Waals surface area contributed by atoms with Gasteiger partial charge >= 0.3 is 0 Å². The number of aromatic nitrogens is 2. The first-order valence-electron chi connectivity index (χ1n) is 5.81. The SMILES string of the molecule is CCN(CC(C)C#N)c1nc(N)nc2sccc12. The number of nitriles is 1. The van der Waals surface area contributed by atoms with Gasteiger partial charge in [-0.05, 0) is 25.3 Å². The highest BCUT2D eigenvalue weighted by Gasteiger charge is 2.15. The second-order valence-electron chi connectivity index (χ2n) is 4.11. The molecule has 0 saturated heterocycles. The lowest BCUT2D eigenvalue weighted by Gasteiger charge is -2.23. The summed E-state index contributed by atoms with van der Waals surface area (Å²) in [6, 6.07) is 4.24. The molecule has 2 aromatic rings. The van der Waals surface area contributed by atoms with E-state index < -0.39 is 0 Å². The summed E-state index contributed by atoms with van der Waals surface area (Å²) >= 11 is 1.55. The molecule has 0 spiro atoms. The van der Waals surface area contributed by atoms with Crippen molar-refractivity contribution >= 4 is 33.3 Å². The van der Waals surface area contributed by atoms with E-state index in [4.69, 9.17) is 11.0 Å². The molecular formula is C12H15N5S. The zero-order chi connectivity index (χ0) is 13.1. The molecule has 2 aromatic heterocycles. The second kappa shape index (κ2) is 5.19. The molecule has 18 heavy (non-hydrogen) atoms. The van der Waals surface area contributed by atoms with Crippen LogP contribution in [0.4, 0.5) is 11.8 Å². The fourth-order valence-corrected chi connectivity index (χ4v) is 2.60. The van der Waals surface area contributed by atoms with Crippen molar-refractivity contribution in [3.8, 4) is 6.07 Å². The molecule has 0 aliphatic carbocycles. The van der Waals surface area contributed by atoms with Crippen molar-refractivity contribution in [2.24, 2.45) is 5.92 Å². The van der Waals surface area contributed by atoms with Crippen molar-refractivity contribution < 1.29 is 0 Å². The number of nitrogen functional groups attached to an aromatic ring is 1. The van der Waals surface area contributed by atoms with Gasteiger partial charge in [0.1, 0.15) is 10.6 Å². The lowest BCUT2D eigenvalue weighted by Crippen LogP contribution is -2.29. The lowest BCUT2D eigenvalue weighted by molar-refractivity contribution is 0.681. The topological polar surface area (TPSA) is 78.8 Å². The third-order valence-electron chi connectivity index (χ3n) is 2.72. The number of fused-ring (bicyclic) bond motifs is 1. The smallest absolute Gasteiger partial charge is 0.223 e. The summed E-state index contributed by atoms with van der Waals surface area (Å²) in [6.07, 6.45) is 0. The molecule has 94 valence electrons. The maximum absolute atomic E-state index is 8.92. The maximum Gasteiger partial charge on any atom is 0.223 e. The summed E-state index contributed by atoms with van der Waals surface area (Å²) < 4.78 is 0. The molecular weight excluding hydrogens is 246 g/mol. The third kappa shape index (κ3) is 2.36. The molecule has 0 aromatic carbocycles. The van der Waals surface area contributed by atoms with Crippen LogP contribution < -0.4 is 10.6 Å². The Bertz CT molecular complexity index is 586. The van der Waals surface area contributed by atoms with Crippen molar-refractivity contribution in [2.45, 2.75) is 13.8 Å². The van der Waals surface area contributed by atoms with Gasteiger partial charge in [0.25, 0.3) is 0 Å². The van der Waals surface area contributed by atoms with Crippen molar-refractivity contribution in [2.75, 3.05) is 23.7 Å². The summed E-state index contributed by atoms with van der Waals surface area (Å²) in [4.78, 5) is 11.5. The van der Waals surface area contributed by atoms with E-state index in [1.54, 1.807) is 11.3 Å². The highest BCUT2D eigenvalue weighted by Crippen LogP contribution is 2.28. The number of rotatable bonds is 4. The Morgan fingerprint density at radius 2 is 2.33 bits per heavy atom. The van der Waals surface area contributed by atoms with Crippen LogP contribution in [0.15, 0.2) is 11.4 Å². The zero-order valence-electron chi connectivity index (χ0n) is 10.4. The van der Waals surface area contributed by atoms with E-state index in [0.29, 0.717) is 6.54 Å². The van der Waals surface area contributed by atoms with Gasteiger partial charge in [0.15, 0.2) is 0 Å². The monoisotopic (exact) mass is 261 g/mol. The summed E-state index contributed by atoms with van der Waals surface area (Å²) in [5.41, 5.74) is 5.73. The molecule has 5 nitrogen and oxygen atoms in total. The van der Waals surface area contributed by atoms with Crippen molar-refractivity contribution in [3.05, 3.63) is 11.4 Å². The first kappa shape index (κ1) is 12.6. The van der Waals surface area contributed by atoms with Gasteiger partial charge in [-0.1, -0.05) is 0 Å². The van der Waals surface area contributed by atoms with Gasteiger partial charge in [-0.3, -0.25) is 0 Å². The van der Waals surface area contributed by atoms with Crippen LogP contribution >= 0.6 is 11.3 Å². The van der Waals surface area contributed by atoms with Crippen molar-refractivity contribution in [1.82, 2.24) is 9.97 Å². The molecule has 1 atom stereocenters. The summed E-state index contributed by atoms with van der Waals surface area (Å²) in [6.45, 7) is 5.38. The number of hydrogen-bond donors (Lipinski definition) is 1. The standard InChI is InChI=1S/C12H15N5S/c1-3-17(7-8(2)6-13)10-9-4-5-18-11(9)16-12(14)15-10/h4-5,8H,3,7H2,1-2H3,(H2,14,15,16). The normalized spacial score (nSPS) is 12.3. The van der Waals surface area contributed by atoms with Crippen LogP contribution in [0.25, 0.3) is 10.2 Å². The average molecular weight is 261 g/mol. The minimum absolute atomic E-state index is 0.0465. The van der Waals surface area contributed by atoms with Crippen LogP contribution in [0.3, 0.4) is 0 Å². The summed E-state index contributed by atoms with van der Waals surface area (Å²) in [5, 5.41) is 11.9. The number of nitrogens with zero attached hydrogens (tertiary/aromatic N) is 4. The molecule has 6 heteroatoms. The van der Waals surface area contributed by atoms with Gasteiger partial charge < -0.3 is 10.6 Å². The highest BCUT2D eigenvalue weighted by atomic mass is 32.1. The molecule has 2 N–H and O–H groups in total. The summed E-state index contributed by atoms with van der Waals surface area (Å²) in [7, 11) is 0. The summed E-state index contributed by atoms with van der Waals surface area (Å²) in [5.74, 6) is 1.06. The molecule has 0 saturated carbocycles. The molecule has 2 rings (SSSR count). The Balaban J connectivity index is 2.44. The minimum atomic E-state index is -0.0465. The quantitative estimate of drug-likeness (QED) is 0.913. The van der Waals surface area contributed by atoms with Crippen LogP contribution in [-0.2, 0) is 0 Å². The highest BCUT2D eigenvalue weighted by molar-refractivity contribution is 7.16. The van der Waals surface area contributed by atoms with Crippen LogP contribution in [0.5, 0.6) is 0 Å². The van der Waals surface area contributed by atoms with Crippen molar-refractivity contribution in [1.29, 1.82) is 5.26 Å². The van der Waals surface area contributed by atoms with E-state index in [-0.39, 0.29) is 11.9 Å². The van der Waals surface area contributed by atoms with Gasteiger partial charge in [0.2, 0.25) is 5.95 Å². The van der Waals surface area contributed by atoms with E-state index in [9.17, 15) is 0 Å². The first-order valence-corrected chi connectivity index (χ1v) is 6.69. The molecule has 0 fully saturated rings. The van der Waals surface area contributed by atoms with Crippen LogP contribution in [-0.4, -0.2) is 23.1 Å². The Kier molecular flexibility index (Phi) is 3.63. The van der Waals surface area contributed by atoms with E-state index in [1.807, 2.05) is 25.3 Å². The largest absolute Gasteiger partial charge is 0.368 e. The molecule has 0 bridgehead atoms. The Labute approximate surface area is 110 Å². The van der Waals surface area contributed by atoms with E-state index >= 15 is 0 Å². The number of hydrogen-bond acceptors (Lipinski definition) is 6. The number of nitrogens with two attached hydrogens (primary N) is 1. The van der Waals surface area contributed by atoms with E-state index in [0.717, 1.165) is 22.6 Å². The molecule has 0 aliphatic heterocycles. The Hall–Kier alpha value is -1.87. The van der Waals surface area contributed by atoms with Gasteiger partial charge in [-0.15, -0.1) is 11.3 Å². The zero-order valence-corrected chi connectivity index (χ0v) is 11.2. The number of thiophene rings is 1. The fourth-order valence-electron chi connectivity index (χ4n) is 1.83. The average Bonchev–Trinajstić information content (AvgIpc) is 2.82. The van der Waals surface area contributed by atoms with E-state index in [2.05, 4.69) is 20.9 Å². The molecule has 1 unspecified atom stereocenters. The Morgan fingerprint density at radius 1 is 1.56 bits per heavy atom. The van der Waals surface area contributed by atoms with Gasteiger partial charge in [0.05, 0.1) is 17.4 Å². The fraction of sp³-hybridized carbons (Fsp3) is 0.417. The van der Waals surface area contributed by atoms with Crippen LogP contribution in [0.2, 0.25) is 0 Å². The second-order valence-corrected chi connectivity index (χ2v) is 5.01. The molecule has 0 amide bonds. The minimum Gasteiger partial charge on any atom is -0.368 e. The van der Waals surface area contributed by atoms with Crippen molar-refractivity contribution in [3.63, 3.8) is 0 Å². The van der Waals surface area contributed by atoms with Crippen LogP contribution in [0, 0.1) is 17.2 Å². The maximum atomic E-state index is 8.92. The van der Waals surface area contributed by atoms with E-state index in [1.165, 1.54) is 0 Å². The molecule has 0 aliphatic rings. The third-order valence-corrected chi connectivity index (χ3v) is 3.52. The number of anilines is 2. The lowest BCUT2D eigenvalue weighted by atomic mass is 10.2. The predicted molar refractivity (Wildman–Crippen MR) is 74.5 cm³/mol.